The summed E-state index contributed by atoms with van der Waals surface area (Å²) in [4.78, 5) is 0. The molecule has 6 heteroatoms. The van der Waals surface area contributed by atoms with E-state index in [1.165, 1.54) is 18.4 Å². The molecule has 2 N–H and O–H groups in total. The molecule has 1 aliphatic heterocycles. The van der Waals surface area contributed by atoms with E-state index in [0.29, 0.717) is 6.61 Å². The average Bonchev–Trinajstić information content (AvgIpc) is 2.69. The summed E-state index contributed by atoms with van der Waals surface area (Å²) < 4.78 is 12.5. The van der Waals surface area contributed by atoms with Gasteiger partial charge in [0.1, 0.15) is 6.61 Å². The zero-order valence-electron chi connectivity index (χ0n) is 15.6. The summed E-state index contributed by atoms with van der Waals surface area (Å²) in [6.07, 6.45) is 2.49. The second-order valence-electron chi connectivity index (χ2n) is 6.83. The van der Waals surface area contributed by atoms with Gasteiger partial charge in [-0.1, -0.05) is 39.7 Å². The van der Waals surface area contributed by atoms with Crippen molar-refractivity contribution >= 4 is 27.5 Å². The van der Waals surface area contributed by atoms with Crippen LogP contribution in [0.3, 0.4) is 0 Å². The number of methoxy groups -OCH3 is 1. The van der Waals surface area contributed by atoms with Crippen LogP contribution in [0.2, 0.25) is 5.02 Å². The molecular formula is C21H26BrClN2O2. The molecule has 0 amide bonds. The number of hydrogen-bond donors (Lipinski definition) is 2. The molecule has 0 unspecified atom stereocenters. The van der Waals surface area contributed by atoms with Gasteiger partial charge in [0.25, 0.3) is 0 Å². The standard InChI is InChI=1S/C21H26BrClN2O2/c1-26-20-10-17(13-25-12-15-6-8-24-9-7-15)19(22)11-21(20)27-14-16-2-4-18(23)5-3-16/h2-5,10-11,15,24-25H,6-9,12-14H2,1H3. The third-order valence-electron chi connectivity index (χ3n) is 4.85. The molecule has 3 rings (SSSR count). The summed E-state index contributed by atoms with van der Waals surface area (Å²) in [6, 6.07) is 11.7. The number of ether oxygens (including phenoxy) is 2. The lowest BCUT2D eigenvalue weighted by atomic mass is 9.98. The molecule has 0 saturated carbocycles. The van der Waals surface area contributed by atoms with Crippen LogP contribution in [0.15, 0.2) is 40.9 Å². The van der Waals surface area contributed by atoms with Crippen LogP contribution in [-0.4, -0.2) is 26.7 Å². The highest BCUT2D eigenvalue weighted by Gasteiger charge is 2.14. The van der Waals surface area contributed by atoms with Crippen LogP contribution in [0, 0.1) is 5.92 Å². The van der Waals surface area contributed by atoms with Gasteiger partial charge in [-0.05, 0) is 73.8 Å². The fourth-order valence-corrected chi connectivity index (χ4v) is 3.81. The first-order valence-electron chi connectivity index (χ1n) is 9.31. The number of nitrogens with one attached hydrogen (secondary N) is 2. The lowest BCUT2D eigenvalue weighted by Crippen LogP contribution is -2.33. The molecular weight excluding hydrogens is 428 g/mol. The van der Waals surface area contributed by atoms with Crippen LogP contribution in [0.1, 0.15) is 24.0 Å². The van der Waals surface area contributed by atoms with E-state index in [1.807, 2.05) is 36.4 Å². The fourth-order valence-electron chi connectivity index (χ4n) is 3.22. The van der Waals surface area contributed by atoms with Gasteiger partial charge in [-0.15, -0.1) is 0 Å². The van der Waals surface area contributed by atoms with Gasteiger partial charge < -0.3 is 20.1 Å². The minimum atomic E-state index is 0.466. The molecule has 0 aliphatic carbocycles. The summed E-state index contributed by atoms with van der Waals surface area (Å²) in [5.41, 5.74) is 2.23. The Labute approximate surface area is 174 Å². The lowest BCUT2D eigenvalue weighted by Gasteiger charge is -2.23. The Bertz CT molecular complexity index is 734. The van der Waals surface area contributed by atoms with Crippen LogP contribution >= 0.6 is 27.5 Å². The highest BCUT2D eigenvalue weighted by atomic mass is 79.9. The van der Waals surface area contributed by atoms with Crippen molar-refractivity contribution < 1.29 is 9.47 Å². The van der Waals surface area contributed by atoms with Crippen molar-refractivity contribution in [2.45, 2.75) is 26.0 Å². The molecule has 2 aromatic rings. The fraction of sp³-hybridized carbons (Fsp3) is 0.429. The van der Waals surface area contributed by atoms with E-state index < -0.39 is 0 Å². The second kappa shape index (κ2) is 10.3. The third kappa shape index (κ3) is 6.11. The summed E-state index contributed by atoms with van der Waals surface area (Å²) in [5.74, 6) is 2.22. The van der Waals surface area contributed by atoms with Gasteiger partial charge in [-0.25, -0.2) is 0 Å². The predicted octanol–water partition coefficient (Wildman–Crippen LogP) is 4.78. The molecule has 2 aromatic carbocycles. The van der Waals surface area contributed by atoms with Crippen LogP contribution in [-0.2, 0) is 13.2 Å². The highest BCUT2D eigenvalue weighted by Crippen LogP contribution is 2.34. The minimum Gasteiger partial charge on any atom is -0.493 e. The molecule has 27 heavy (non-hydrogen) atoms. The number of hydrogen-bond acceptors (Lipinski definition) is 4. The smallest absolute Gasteiger partial charge is 0.162 e. The molecule has 4 nitrogen and oxygen atoms in total. The topological polar surface area (TPSA) is 42.5 Å². The number of benzene rings is 2. The normalized spacial score (nSPS) is 14.9. The molecule has 1 fully saturated rings. The molecule has 0 bridgehead atoms. The third-order valence-corrected chi connectivity index (χ3v) is 5.84. The van der Waals surface area contributed by atoms with E-state index in [9.17, 15) is 0 Å². The maximum atomic E-state index is 5.96. The Morgan fingerprint density at radius 3 is 2.59 bits per heavy atom. The second-order valence-corrected chi connectivity index (χ2v) is 8.12. The van der Waals surface area contributed by atoms with Crippen molar-refractivity contribution in [3.8, 4) is 11.5 Å². The molecule has 0 radical (unpaired) electrons. The highest BCUT2D eigenvalue weighted by molar-refractivity contribution is 9.10. The van der Waals surface area contributed by atoms with E-state index in [0.717, 1.165) is 58.7 Å². The van der Waals surface area contributed by atoms with Crippen molar-refractivity contribution in [2.24, 2.45) is 5.92 Å². The Kier molecular flexibility index (Phi) is 7.82. The Hall–Kier alpha value is -1.27. The molecule has 1 aliphatic rings. The van der Waals surface area contributed by atoms with Gasteiger partial charge in [0.2, 0.25) is 0 Å². The van der Waals surface area contributed by atoms with Crippen LogP contribution in [0.4, 0.5) is 0 Å². The SMILES string of the molecule is COc1cc(CNCC2CCNCC2)c(Br)cc1OCc1ccc(Cl)cc1. The van der Waals surface area contributed by atoms with Gasteiger partial charge in [0.15, 0.2) is 11.5 Å². The van der Waals surface area contributed by atoms with E-state index in [2.05, 4.69) is 26.6 Å². The van der Waals surface area contributed by atoms with Gasteiger partial charge in [-0.2, -0.15) is 0 Å². The first kappa shape index (κ1) is 20.5. The molecule has 0 atom stereocenters. The number of piperidine rings is 1. The molecule has 1 heterocycles. The summed E-state index contributed by atoms with van der Waals surface area (Å²) in [6.45, 7) is 4.57. The van der Waals surface area contributed by atoms with Crippen molar-refractivity contribution in [1.82, 2.24) is 10.6 Å². The lowest BCUT2D eigenvalue weighted by molar-refractivity contribution is 0.284. The van der Waals surface area contributed by atoms with Crippen LogP contribution < -0.4 is 20.1 Å². The van der Waals surface area contributed by atoms with Crippen LogP contribution in [0.25, 0.3) is 0 Å². The molecule has 1 saturated heterocycles. The molecule has 0 spiro atoms. The molecule has 146 valence electrons. The first-order chi connectivity index (χ1) is 13.2. The van der Waals surface area contributed by atoms with Gasteiger partial charge in [0, 0.05) is 16.0 Å². The summed E-state index contributed by atoms with van der Waals surface area (Å²) in [7, 11) is 1.67. The van der Waals surface area contributed by atoms with Crippen LogP contribution in [0.5, 0.6) is 11.5 Å². The monoisotopic (exact) mass is 452 g/mol. The Morgan fingerprint density at radius 1 is 1.15 bits per heavy atom. The van der Waals surface area contributed by atoms with Crippen molar-refractivity contribution in [1.29, 1.82) is 0 Å². The van der Waals surface area contributed by atoms with Crippen molar-refractivity contribution in [2.75, 3.05) is 26.7 Å². The molecule has 0 aromatic heterocycles. The number of halogens is 2. The Morgan fingerprint density at radius 2 is 1.89 bits per heavy atom. The van der Waals surface area contributed by atoms with Gasteiger partial charge >= 0.3 is 0 Å². The average molecular weight is 454 g/mol. The van der Waals surface area contributed by atoms with E-state index >= 15 is 0 Å². The van der Waals surface area contributed by atoms with E-state index in [4.69, 9.17) is 21.1 Å². The van der Waals surface area contributed by atoms with Gasteiger partial charge in [-0.3, -0.25) is 0 Å². The first-order valence-corrected chi connectivity index (χ1v) is 10.5. The summed E-state index contributed by atoms with van der Waals surface area (Å²) >= 11 is 9.60. The quantitative estimate of drug-likeness (QED) is 0.604. The van der Waals surface area contributed by atoms with Crippen molar-refractivity contribution in [3.63, 3.8) is 0 Å². The zero-order chi connectivity index (χ0) is 19.1. The maximum Gasteiger partial charge on any atom is 0.162 e. The van der Waals surface area contributed by atoms with E-state index in [-0.39, 0.29) is 0 Å². The largest absolute Gasteiger partial charge is 0.493 e. The van der Waals surface area contributed by atoms with E-state index in [1.54, 1.807) is 7.11 Å². The zero-order valence-corrected chi connectivity index (χ0v) is 17.9. The minimum absolute atomic E-state index is 0.466. The predicted molar refractivity (Wildman–Crippen MR) is 114 cm³/mol. The summed E-state index contributed by atoms with van der Waals surface area (Å²) in [5, 5.41) is 7.71. The maximum absolute atomic E-state index is 5.96. The Balaban J connectivity index is 1.59. The van der Waals surface area contributed by atoms with Gasteiger partial charge in [0.05, 0.1) is 7.11 Å². The number of rotatable bonds is 8. The van der Waals surface area contributed by atoms with Crippen molar-refractivity contribution in [3.05, 3.63) is 57.0 Å².